The van der Waals surface area contributed by atoms with Crippen molar-refractivity contribution in [1.82, 2.24) is 9.21 Å². The summed E-state index contributed by atoms with van der Waals surface area (Å²) in [5.74, 6) is -0.129. The van der Waals surface area contributed by atoms with Gasteiger partial charge in [0.25, 0.3) is 5.91 Å². The van der Waals surface area contributed by atoms with Crippen LogP contribution in [0, 0.1) is 0 Å². The Morgan fingerprint density at radius 3 is 2.45 bits per heavy atom. The highest BCUT2D eigenvalue weighted by Crippen LogP contribution is 2.29. The minimum absolute atomic E-state index is 0.129. The molecule has 0 aromatic heterocycles. The number of morpholine rings is 1. The number of piperidine rings is 1. The first-order chi connectivity index (χ1) is 13.9. The second-order valence-corrected chi connectivity index (χ2v) is 9.76. The maximum atomic E-state index is 13.2. The zero-order valence-corrected chi connectivity index (χ0v) is 18.4. The molecule has 2 heterocycles. The van der Waals surface area contributed by atoms with E-state index < -0.39 is 10.0 Å². The molecule has 0 saturated carbocycles. The fourth-order valence-corrected chi connectivity index (χ4v) is 5.43. The van der Waals surface area contributed by atoms with Crippen LogP contribution < -0.4 is 4.90 Å². The van der Waals surface area contributed by atoms with E-state index in [2.05, 4.69) is 11.8 Å². The Morgan fingerprint density at radius 2 is 1.79 bits per heavy atom. The van der Waals surface area contributed by atoms with Gasteiger partial charge in [-0.15, -0.1) is 0 Å². The Balaban J connectivity index is 1.96. The molecule has 2 aliphatic heterocycles. The first-order valence-electron chi connectivity index (χ1n) is 10.7. The molecule has 1 amide bonds. The highest BCUT2D eigenvalue weighted by Gasteiger charge is 2.29. The lowest BCUT2D eigenvalue weighted by molar-refractivity contribution is 0.0792. The molecule has 0 unspecified atom stereocenters. The van der Waals surface area contributed by atoms with E-state index in [9.17, 15) is 13.2 Å². The van der Waals surface area contributed by atoms with Gasteiger partial charge in [0.1, 0.15) is 0 Å². The third kappa shape index (κ3) is 5.10. The van der Waals surface area contributed by atoms with Gasteiger partial charge in [0, 0.05) is 45.5 Å². The van der Waals surface area contributed by atoms with E-state index in [-0.39, 0.29) is 10.8 Å². The van der Waals surface area contributed by atoms with Gasteiger partial charge in [-0.1, -0.05) is 19.8 Å². The Kier molecular flexibility index (Phi) is 7.54. The fraction of sp³-hybridized carbons (Fsp3) is 0.667. The van der Waals surface area contributed by atoms with Crippen LogP contribution in [0.5, 0.6) is 0 Å². The molecule has 2 saturated heterocycles. The smallest absolute Gasteiger partial charge is 0.255 e. The summed E-state index contributed by atoms with van der Waals surface area (Å²) in [5.41, 5.74) is 1.25. The van der Waals surface area contributed by atoms with Crippen LogP contribution in [0.3, 0.4) is 0 Å². The molecule has 0 aliphatic carbocycles. The number of amides is 1. The van der Waals surface area contributed by atoms with Crippen molar-refractivity contribution in [2.24, 2.45) is 0 Å². The molecular weight excluding hydrogens is 390 g/mol. The van der Waals surface area contributed by atoms with Gasteiger partial charge in [-0.25, -0.2) is 8.42 Å². The quantitative estimate of drug-likeness (QED) is 0.674. The second-order valence-electron chi connectivity index (χ2n) is 7.82. The normalized spacial score (nSPS) is 18.6. The maximum Gasteiger partial charge on any atom is 0.255 e. The van der Waals surface area contributed by atoms with Crippen molar-refractivity contribution in [3.8, 4) is 0 Å². The Bertz CT molecular complexity index is 800. The molecule has 0 atom stereocenters. The van der Waals surface area contributed by atoms with Gasteiger partial charge < -0.3 is 14.5 Å². The molecule has 8 heteroatoms. The third-order valence-electron chi connectivity index (χ3n) is 5.70. The van der Waals surface area contributed by atoms with Gasteiger partial charge in [-0.05, 0) is 37.5 Å². The average molecular weight is 424 g/mol. The van der Waals surface area contributed by atoms with Crippen molar-refractivity contribution in [2.75, 3.05) is 57.9 Å². The summed E-state index contributed by atoms with van der Waals surface area (Å²) in [6, 6.07) is 5.03. The van der Waals surface area contributed by atoms with Crippen LogP contribution in [0.1, 0.15) is 49.4 Å². The van der Waals surface area contributed by atoms with Gasteiger partial charge in [-0.3, -0.25) is 4.79 Å². The molecule has 0 spiro atoms. The maximum absolute atomic E-state index is 13.2. The molecule has 0 N–H and O–H groups in total. The highest BCUT2D eigenvalue weighted by atomic mass is 32.2. The number of benzene rings is 1. The molecular formula is C21H33N3O4S. The molecule has 29 heavy (non-hydrogen) atoms. The van der Waals surface area contributed by atoms with Crippen LogP contribution in [0.15, 0.2) is 23.1 Å². The number of nitrogens with zero attached hydrogens (tertiary/aromatic N) is 3. The van der Waals surface area contributed by atoms with Crippen LogP contribution in [-0.2, 0) is 14.8 Å². The first kappa shape index (κ1) is 22.1. The summed E-state index contributed by atoms with van der Waals surface area (Å²) in [4.78, 5) is 17.2. The summed E-state index contributed by atoms with van der Waals surface area (Å²) in [5, 5.41) is 0. The lowest BCUT2D eigenvalue weighted by atomic mass is 10.1. The molecule has 0 bridgehead atoms. The van der Waals surface area contributed by atoms with Crippen molar-refractivity contribution in [1.29, 1.82) is 0 Å². The van der Waals surface area contributed by atoms with Crippen molar-refractivity contribution < 1.29 is 17.9 Å². The topological polar surface area (TPSA) is 70.2 Å². The zero-order chi connectivity index (χ0) is 20.9. The molecule has 3 rings (SSSR count). The Hall–Kier alpha value is -1.64. The summed E-state index contributed by atoms with van der Waals surface area (Å²) >= 11 is 0. The average Bonchev–Trinajstić information content (AvgIpc) is 2.77. The van der Waals surface area contributed by atoms with Gasteiger partial charge in [0.05, 0.1) is 23.7 Å². The first-order valence-corrected chi connectivity index (χ1v) is 12.1. The summed E-state index contributed by atoms with van der Waals surface area (Å²) in [7, 11) is -1.80. The number of sulfonamides is 1. The Labute approximate surface area is 174 Å². The van der Waals surface area contributed by atoms with Gasteiger partial charge in [0.15, 0.2) is 0 Å². The number of rotatable bonds is 7. The van der Waals surface area contributed by atoms with Crippen LogP contribution in [0.4, 0.5) is 5.69 Å². The second kappa shape index (κ2) is 9.91. The number of hydrogen-bond donors (Lipinski definition) is 0. The lowest BCUT2D eigenvalue weighted by Crippen LogP contribution is -2.39. The van der Waals surface area contributed by atoms with Crippen molar-refractivity contribution in [3.05, 3.63) is 23.8 Å². The van der Waals surface area contributed by atoms with E-state index in [1.54, 1.807) is 34.5 Å². The molecule has 2 aliphatic rings. The molecule has 2 fully saturated rings. The number of ether oxygens (including phenoxy) is 1. The van der Waals surface area contributed by atoms with Gasteiger partial charge >= 0.3 is 0 Å². The van der Waals surface area contributed by atoms with Crippen LogP contribution in [0.25, 0.3) is 0 Å². The molecule has 0 radical (unpaired) electrons. The third-order valence-corrected chi connectivity index (χ3v) is 7.59. The summed E-state index contributed by atoms with van der Waals surface area (Å²) in [6.07, 6.45) is 4.75. The summed E-state index contributed by atoms with van der Waals surface area (Å²) < 4.78 is 33.3. The van der Waals surface area contributed by atoms with Gasteiger partial charge in [-0.2, -0.15) is 4.31 Å². The predicted molar refractivity (Wildman–Crippen MR) is 114 cm³/mol. The van der Waals surface area contributed by atoms with E-state index in [4.69, 9.17) is 4.74 Å². The van der Waals surface area contributed by atoms with Crippen LogP contribution in [-0.4, -0.2) is 76.5 Å². The van der Waals surface area contributed by atoms with E-state index in [1.807, 2.05) is 0 Å². The van der Waals surface area contributed by atoms with E-state index in [0.29, 0.717) is 51.5 Å². The minimum atomic E-state index is -3.59. The number of hydrogen-bond acceptors (Lipinski definition) is 5. The molecule has 1 aromatic rings. The fourth-order valence-electron chi connectivity index (χ4n) is 3.88. The monoisotopic (exact) mass is 423 g/mol. The minimum Gasteiger partial charge on any atom is -0.378 e. The Morgan fingerprint density at radius 1 is 1.10 bits per heavy atom. The largest absolute Gasteiger partial charge is 0.378 e. The molecule has 1 aromatic carbocycles. The predicted octanol–water partition coefficient (Wildman–Crippen LogP) is 2.57. The van der Waals surface area contributed by atoms with Crippen molar-refractivity contribution in [2.45, 2.75) is 43.9 Å². The number of anilines is 1. The number of carbonyl (C=O) groups excluding carboxylic acids is 1. The van der Waals surface area contributed by atoms with E-state index in [0.717, 1.165) is 37.8 Å². The number of unbranched alkanes of at least 4 members (excludes halogenated alkanes) is 1. The van der Waals surface area contributed by atoms with Gasteiger partial charge in [0.2, 0.25) is 10.0 Å². The highest BCUT2D eigenvalue weighted by molar-refractivity contribution is 7.89. The van der Waals surface area contributed by atoms with E-state index in [1.165, 1.54) is 0 Å². The molecule has 162 valence electrons. The zero-order valence-electron chi connectivity index (χ0n) is 17.6. The molecule has 7 nitrogen and oxygen atoms in total. The summed E-state index contributed by atoms with van der Waals surface area (Å²) in [6.45, 7) is 6.43. The lowest BCUT2D eigenvalue weighted by Gasteiger charge is -2.32. The van der Waals surface area contributed by atoms with Crippen molar-refractivity contribution >= 4 is 21.6 Å². The SMILES string of the molecule is CCCCN(C)C(=O)c1cc(S(=O)(=O)N2CCCCC2)ccc1N1CCOCC1. The standard InChI is InChI=1S/C21H33N3O4S/c1-3-4-10-22(2)21(25)19-17-18(29(26,27)24-11-6-5-7-12-24)8-9-20(19)23-13-15-28-16-14-23/h8-9,17H,3-7,10-16H2,1-2H3. The van der Waals surface area contributed by atoms with E-state index >= 15 is 0 Å². The number of carbonyl (C=O) groups is 1. The van der Waals surface area contributed by atoms with Crippen LogP contribution >= 0.6 is 0 Å². The van der Waals surface area contributed by atoms with Crippen molar-refractivity contribution in [3.63, 3.8) is 0 Å². The van der Waals surface area contributed by atoms with Crippen LogP contribution in [0.2, 0.25) is 0 Å².